The fourth-order valence-corrected chi connectivity index (χ4v) is 4.17. The monoisotopic (exact) mass is 424 g/mol. The first kappa shape index (κ1) is 21.4. The fourth-order valence-electron chi connectivity index (χ4n) is 3.27. The number of rotatable bonds is 5. The Labute approximate surface area is 178 Å². The van der Waals surface area contributed by atoms with Crippen molar-refractivity contribution in [2.24, 2.45) is 0 Å². The molecule has 3 aromatic rings. The molecule has 0 aliphatic heterocycles. The molecule has 0 radical (unpaired) electrons. The molecule has 1 unspecified atom stereocenters. The van der Waals surface area contributed by atoms with E-state index in [9.17, 15) is 14.4 Å². The van der Waals surface area contributed by atoms with Gasteiger partial charge in [-0.3, -0.25) is 14.4 Å². The van der Waals surface area contributed by atoms with Gasteiger partial charge in [0.2, 0.25) is 11.8 Å². The standard InChI is InChI=1S/C22H24N4O3S/c1-11-8-12(2)19(13(3)9-11)25-21(29)16-6-7-17-18(10-16)30-22(24-17)26-20(28)14(4)23-15(5)27/h6-10,14H,1-5H3,(H,23,27)(H,25,29)(H,24,26,28). The van der Waals surface area contributed by atoms with E-state index >= 15 is 0 Å². The summed E-state index contributed by atoms with van der Waals surface area (Å²) in [7, 11) is 0. The van der Waals surface area contributed by atoms with Crippen molar-refractivity contribution < 1.29 is 14.4 Å². The number of anilines is 2. The number of benzene rings is 2. The molecule has 0 bridgehead atoms. The predicted octanol–water partition coefficient (Wildman–Crippen LogP) is 3.94. The lowest BCUT2D eigenvalue weighted by Crippen LogP contribution is -2.40. The van der Waals surface area contributed by atoms with Crippen LogP contribution in [0.4, 0.5) is 10.8 Å². The van der Waals surface area contributed by atoms with E-state index in [-0.39, 0.29) is 17.7 Å². The van der Waals surface area contributed by atoms with Crippen molar-refractivity contribution in [2.45, 2.75) is 40.7 Å². The Morgan fingerprint density at radius 3 is 2.30 bits per heavy atom. The molecule has 0 aliphatic rings. The molecular formula is C22H24N4O3S. The van der Waals surface area contributed by atoms with Crippen molar-refractivity contribution >= 4 is 50.1 Å². The maximum atomic E-state index is 12.8. The summed E-state index contributed by atoms with van der Waals surface area (Å²) >= 11 is 1.27. The molecule has 7 nitrogen and oxygen atoms in total. The molecular weight excluding hydrogens is 400 g/mol. The van der Waals surface area contributed by atoms with Crippen molar-refractivity contribution in [3.05, 3.63) is 52.6 Å². The van der Waals surface area contributed by atoms with E-state index in [1.807, 2.05) is 32.9 Å². The maximum Gasteiger partial charge on any atom is 0.255 e. The van der Waals surface area contributed by atoms with Crippen LogP contribution in [0.5, 0.6) is 0 Å². The lowest BCUT2D eigenvalue weighted by Gasteiger charge is -2.12. The van der Waals surface area contributed by atoms with Gasteiger partial charge in [0.05, 0.1) is 10.2 Å². The molecule has 0 saturated heterocycles. The molecule has 0 spiro atoms. The molecule has 3 rings (SSSR count). The minimum Gasteiger partial charge on any atom is -0.345 e. The second-order valence-corrected chi connectivity index (χ2v) is 8.37. The van der Waals surface area contributed by atoms with Gasteiger partial charge < -0.3 is 16.0 Å². The average molecular weight is 425 g/mol. The summed E-state index contributed by atoms with van der Waals surface area (Å²) in [5, 5.41) is 8.63. The molecule has 0 saturated carbocycles. The van der Waals surface area contributed by atoms with Crippen LogP contribution in [-0.4, -0.2) is 28.7 Å². The third-order valence-electron chi connectivity index (χ3n) is 4.61. The van der Waals surface area contributed by atoms with Gasteiger partial charge in [0, 0.05) is 18.2 Å². The number of nitrogens with zero attached hydrogens (tertiary/aromatic N) is 1. The lowest BCUT2D eigenvalue weighted by molar-refractivity contribution is -0.124. The largest absolute Gasteiger partial charge is 0.345 e. The third kappa shape index (κ3) is 4.83. The number of nitrogens with one attached hydrogen (secondary N) is 3. The number of hydrogen-bond acceptors (Lipinski definition) is 5. The third-order valence-corrected chi connectivity index (χ3v) is 5.54. The van der Waals surface area contributed by atoms with E-state index in [4.69, 9.17) is 0 Å². The molecule has 1 aromatic heterocycles. The summed E-state index contributed by atoms with van der Waals surface area (Å²) in [5.74, 6) is -0.839. The molecule has 0 aliphatic carbocycles. The van der Waals surface area contributed by atoms with Gasteiger partial charge in [0.25, 0.3) is 5.91 Å². The Morgan fingerprint density at radius 2 is 1.67 bits per heavy atom. The number of thiazole rings is 1. The molecule has 2 aromatic carbocycles. The summed E-state index contributed by atoms with van der Waals surface area (Å²) < 4.78 is 0.780. The van der Waals surface area contributed by atoms with Gasteiger partial charge >= 0.3 is 0 Å². The number of aromatic nitrogens is 1. The van der Waals surface area contributed by atoms with Crippen LogP contribution in [0.2, 0.25) is 0 Å². The zero-order valence-corrected chi connectivity index (χ0v) is 18.4. The zero-order chi connectivity index (χ0) is 22.0. The molecule has 3 N–H and O–H groups in total. The first-order valence-electron chi connectivity index (χ1n) is 9.52. The molecule has 8 heteroatoms. The number of carbonyl (C=O) groups is 3. The van der Waals surface area contributed by atoms with E-state index in [0.29, 0.717) is 16.2 Å². The Morgan fingerprint density at radius 1 is 1.00 bits per heavy atom. The topological polar surface area (TPSA) is 100 Å². The molecule has 30 heavy (non-hydrogen) atoms. The van der Waals surface area contributed by atoms with Crippen molar-refractivity contribution in [3.8, 4) is 0 Å². The number of carbonyl (C=O) groups excluding carboxylic acids is 3. The highest BCUT2D eigenvalue weighted by Gasteiger charge is 2.17. The Kier molecular flexibility index (Phi) is 6.17. The van der Waals surface area contributed by atoms with Crippen LogP contribution in [0.3, 0.4) is 0 Å². The van der Waals surface area contributed by atoms with Crippen LogP contribution in [-0.2, 0) is 9.59 Å². The second kappa shape index (κ2) is 8.62. The summed E-state index contributed by atoms with van der Waals surface area (Å²) in [6, 6.07) is 8.62. The predicted molar refractivity (Wildman–Crippen MR) is 120 cm³/mol. The van der Waals surface area contributed by atoms with E-state index in [1.165, 1.54) is 18.3 Å². The smallest absolute Gasteiger partial charge is 0.255 e. The van der Waals surface area contributed by atoms with Gasteiger partial charge in [-0.25, -0.2) is 4.98 Å². The second-order valence-electron chi connectivity index (χ2n) is 7.34. The normalized spacial score (nSPS) is 11.8. The molecule has 3 amide bonds. The van der Waals surface area contributed by atoms with Crippen LogP contribution >= 0.6 is 11.3 Å². The maximum absolute atomic E-state index is 12.8. The van der Waals surface area contributed by atoms with Crippen molar-refractivity contribution in [1.82, 2.24) is 10.3 Å². The summed E-state index contributed by atoms with van der Waals surface area (Å²) in [5.41, 5.74) is 5.18. The number of hydrogen-bond donors (Lipinski definition) is 3. The van der Waals surface area contributed by atoms with Gasteiger partial charge in [-0.1, -0.05) is 29.0 Å². The molecule has 156 valence electrons. The van der Waals surface area contributed by atoms with Gasteiger partial charge in [-0.15, -0.1) is 0 Å². The Bertz CT molecular complexity index is 1130. The Hall–Kier alpha value is -3.26. The number of amides is 3. The molecule has 1 atom stereocenters. The number of aryl methyl sites for hydroxylation is 3. The molecule has 0 fully saturated rings. The highest BCUT2D eigenvalue weighted by atomic mass is 32.1. The van der Waals surface area contributed by atoms with Crippen molar-refractivity contribution in [3.63, 3.8) is 0 Å². The van der Waals surface area contributed by atoms with Crippen LogP contribution in [0, 0.1) is 20.8 Å². The van der Waals surface area contributed by atoms with Gasteiger partial charge in [-0.05, 0) is 57.0 Å². The quantitative estimate of drug-likeness (QED) is 0.578. The van der Waals surface area contributed by atoms with Crippen molar-refractivity contribution in [1.29, 1.82) is 0 Å². The average Bonchev–Trinajstić information content (AvgIpc) is 3.05. The highest BCUT2D eigenvalue weighted by Crippen LogP contribution is 2.28. The van der Waals surface area contributed by atoms with Crippen molar-refractivity contribution in [2.75, 3.05) is 10.6 Å². The van der Waals surface area contributed by atoms with Crippen LogP contribution in [0.25, 0.3) is 10.2 Å². The van der Waals surface area contributed by atoms with Crippen LogP contribution in [0.15, 0.2) is 30.3 Å². The highest BCUT2D eigenvalue weighted by molar-refractivity contribution is 7.22. The SMILES string of the molecule is CC(=O)NC(C)C(=O)Nc1nc2ccc(C(=O)Nc3c(C)cc(C)cc3C)cc2s1. The van der Waals surface area contributed by atoms with Crippen LogP contribution < -0.4 is 16.0 Å². The van der Waals surface area contributed by atoms with Gasteiger partial charge in [-0.2, -0.15) is 0 Å². The van der Waals surface area contributed by atoms with E-state index in [1.54, 1.807) is 25.1 Å². The Balaban J connectivity index is 1.78. The minimum absolute atomic E-state index is 0.204. The number of fused-ring (bicyclic) bond motifs is 1. The zero-order valence-electron chi connectivity index (χ0n) is 17.5. The van der Waals surface area contributed by atoms with E-state index in [2.05, 4.69) is 20.9 Å². The summed E-state index contributed by atoms with van der Waals surface area (Å²) in [6.45, 7) is 8.92. The molecule has 1 heterocycles. The minimum atomic E-state index is -0.670. The first-order chi connectivity index (χ1) is 14.1. The van der Waals surface area contributed by atoms with E-state index < -0.39 is 6.04 Å². The summed E-state index contributed by atoms with van der Waals surface area (Å²) in [6.07, 6.45) is 0. The fraction of sp³-hybridized carbons (Fsp3) is 0.273. The van der Waals surface area contributed by atoms with E-state index in [0.717, 1.165) is 27.1 Å². The van der Waals surface area contributed by atoms with Gasteiger partial charge in [0.1, 0.15) is 6.04 Å². The van der Waals surface area contributed by atoms with Gasteiger partial charge in [0.15, 0.2) is 5.13 Å². The first-order valence-corrected chi connectivity index (χ1v) is 10.3. The summed E-state index contributed by atoms with van der Waals surface area (Å²) in [4.78, 5) is 40.4. The van der Waals surface area contributed by atoms with Crippen LogP contribution in [0.1, 0.15) is 40.9 Å². The lowest BCUT2D eigenvalue weighted by atomic mass is 10.0.